The van der Waals surface area contributed by atoms with Gasteiger partial charge >= 0.3 is 5.97 Å². The lowest BCUT2D eigenvalue weighted by Gasteiger charge is -2.21. The summed E-state index contributed by atoms with van der Waals surface area (Å²) in [6.07, 6.45) is 0.100. The largest absolute Gasteiger partial charge is 0.462 e. The first-order valence-corrected chi connectivity index (χ1v) is 9.26. The minimum Gasteiger partial charge on any atom is -0.462 e. The quantitative estimate of drug-likeness (QED) is 0.719. The Morgan fingerprint density at radius 1 is 1.46 bits per heavy atom. The average molecular weight is 355 g/mol. The monoisotopic (exact) mass is 355 g/mol. The van der Waals surface area contributed by atoms with Gasteiger partial charge in [-0.05, 0) is 25.1 Å². The van der Waals surface area contributed by atoms with Gasteiger partial charge in [0.15, 0.2) is 0 Å². The number of hydrogen-bond acceptors (Lipinski definition) is 6. The Morgan fingerprint density at radius 3 is 2.75 bits per heavy atom. The Kier molecular flexibility index (Phi) is 5.45. The molecule has 3 N–H and O–H groups in total. The van der Waals surface area contributed by atoms with Crippen molar-refractivity contribution in [3.05, 3.63) is 23.8 Å². The maximum Gasteiger partial charge on any atom is 0.338 e. The Morgan fingerprint density at radius 2 is 2.17 bits per heavy atom. The van der Waals surface area contributed by atoms with E-state index >= 15 is 0 Å². The molecule has 0 radical (unpaired) electrons. The van der Waals surface area contributed by atoms with Gasteiger partial charge in [-0.3, -0.25) is 4.79 Å². The normalized spacial score (nSPS) is 17.9. The number of nitrogens with one attached hydrogen (secondary N) is 1. The molecule has 1 aliphatic heterocycles. The molecule has 0 aliphatic carbocycles. The van der Waals surface area contributed by atoms with Crippen molar-refractivity contribution >= 4 is 33.3 Å². The molecule has 8 nitrogen and oxygen atoms in total. The Labute approximate surface area is 141 Å². The molecule has 2 rings (SSSR count). The molecular weight excluding hydrogens is 334 g/mol. The molecule has 132 valence electrons. The number of amides is 1. The minimum absolute atomic E-state index is 0.100. The summed E-state index contributed by atoms with van der Waals surface area (Å²) >= 11 is 0. The number of sulfonamides is 1. The summed E-state index contributed by atoms with van der Waals surface area (Å²) in [4.78, 5) is 25.7. The zero-order chi connectivity index (χ0) is 17.9. The summed E-state index contributed by atoms with van der Waals surface area (Å²) in [5, 5.41) is 8.03. The van der Waals surface area contributed by atoms with Crippen molar-refractivity contribution in [2.24, 2.45) is 11.1 Å². The lowest BCUT2D eigenvalue weighted by molar-refractivity contribution is -0.117. The Hall–Kier alpha value is -2.13. The first-order valence-electron chi connectivity index (χ1n) is 7.55. The summed E-state index contributed by atoms with van der Waals surface area (Å²) in [6.45, 7) is 2.19. The van der Waals surface area contributed by atoms with Crippen molar-refractivity contribution in [2.75, 3.05) is 36.2 Å². The van der Waals surface area contributed by atoms with Crippen molar-refractivity contribution in [3.63, 3.8) is 0 Å². The maximum atomic E-state index is 12.3. The molecule has 1 saturated heterocycles. The van der Waals surface area contributed by atoms with Crippen LogP contribution in [0.3, 0.4) is 0 Å². The molecule has 0 aromatic heterocycles. The smallest absolute Gasteiger partial charge is 0.338 e. The third-order valence-electron chi connectivity index (χ3n) is 3.74. The molecule has 1 fully saturated rings. The second-order valence-corrected chi connectivity index (χ2v) is 7.27. The Bertz CT molecular complexity index is 747. The van der Waals surface area contributed by atoms with Crippen LogP contribution in [-0.2, 0) is 19.6 Å². The molecule has 0 saturated carbocycles. The van der Waals surface area contributed by atoms with E-state index in [1.54, 1.807) is 32.2 Å². The summed E-state index contributed by atoms with van der Waals surface area (Å²) < 4.78 is 27.5. The molecule has 0 bridgehead atoms. The van der Waals surface area contributed by atoms with E-state index < -0.39 is 16.0 Å². The second kappa shape index (κ2) is 7.18. The summed E-state index contributed by atoms with van der Waals surface area (Å²) in [6, 6.07) is 4.86. The molecule has 1 aliphatic rings. The van der Waals surface area contributed by atoms with Gasteiger partial charge < -0.3 is 15.0 Å². The van der Waals surface area contributed by atoms with Gasteiger partial charge in [0.05, 0.1) is 29.3 Å². The maximum absolute atomic E-state index is 12.3. The highest BCUT2D eigenvalue weighted by atomic mass is 32.2. The SMILES string of the molecule is CCOC(=O)c1ccc(NC)c(N2CC(CS(N)(=O)=O)CC2=O)c1. The van der Waals surface area contributed by atoms with Crippen molar-refractivity contribution < 1.29 is 22.7 Å². The zero-order valence-electron chi connectivity index (χ0n) is 13.6. The van der Waals surface area contributed by atoms with Crippen LogP contribution in [-0.4, -0.2) is 46.2 Å². The molecule has 1 atom stereocenters. The van der Waals surface area contributed by atoms with Crippen LogP contribution in [0.15, 0.2) is 18.2 Å². The number of rotatable bonds is 6. The molecule has 9 heteroatoms. The fraction of sp³-hybridized carbons (Fsp3) is 0.467. The number of anilines is 2. The van der Waals surface area contributed by atoms with Gasteiger partial charge in [-0.1, -0.05) is 0 Å². The molecule has 0 spiro atoms. The van der Waals surface area contributed by atoms with E-state index in [1.165, 1.54) is 4.90 Å². The van der Waals surface area contributed by atoms with E-state index in [9.17, 15) is 18.0 Å². The summed E-state index contributed by atoms with van der Waals surface area (Å²) in [5.41, 5.74) is 1.51. The van der Waals surface area contributed by atoms with E-state index in [-0.39, 0.29) is 37.2 Å². The predicted octanol–water partition coefficient (Wildman–Crippen LogP) is 0.546. The predicted molar refractivity (Wildman–Crippen MR) is 90.4 cm³/mol. The van der Waals surface area contributed by atoms with Gasteiger partial charge in [0.2, 0.25) is 15.9 Å². The fourth-order valence-corrected chi connectivity index (χ4v) is 3.64. The number of primary sulfonamides is 1. The van der Waals surface area contributed by atoms with E-state index in [4.69, 9.17) is 9.88 Å². The highest BCUT2D eigenvalue weighted by Gasteiger charge is 2.34. The molecule has 1 unspecified atom stereocenters. The first kappa shape index (κ1) is 18.2. The molecule has 1 heterocycles. The van der Waals surface area contributed by atoms with Crippen LogP contribution in [0.2, 0.25) is 0 Å². The first-order chi connectivity index (χ1) is 11.2. The molecule has 1 aromatic rings. The van der Waals surface area contributed by atoms with Crippen molar-refractivity contribution in [3.8, 4) is 0 Å². The van der Waals surface area contributed by atoms with Gasteiger partial charge in [-0.2, -0.15) is 0 Å². The highest BCUT2D eigenvalue weighted by Crippen LogP contribution is 2.32. The van der Waals surface area contributed by atoms with Crippen LogP contribution in [0, 0.1) is 5.92 Å². The van der Waals surface area contributed by atoms with Gasteiger partial charge in [0, 0.05) is 25.9 Å². The zero-order valence-corrected chi connectivity index (χ0v) is 14.4. The molecule has 1 aromatic carbocycles. The van der Waals surface area contributed by atoms with E-state index in [0.29, 0.717) is 16.9 Å². The van der Waals surface area contributed by atoms with Gasteiger partial charge in [-0.15, -0.1) is 0 Å². The number of hydrogen-bond donors (Lipinski definition) is 2. The van der Waals surface area contributed by atoms with E-state index in [0.717, 1.165) is 0 Å². The topological polar surface area (TPSA) is 119 Å². The van der Waals surface area contributed by atoms with Crippen LogP contribution in [0.25, 0.3) is 0 Å². The number of carbonyl (C=O) groups is 2. The average Bonchev–Trinajstić information content (AvgIpc) is 2.85. The number of benzene rings is 1. The third-order valence-corrected chi connectivity index (χ3v) is 4.68. The van der Waals surface area contributed by atoms with Crippen molar-refractivity contribution in [2.45, 2.75) is 13.3 Å². The van der Waals surface area contributed by atoms with Gasteiger partial charge in [-0.25, -0.2) is 18.4 Å². The van der Waals surface area contributed by atoms with Crippen LogP contribution in [0.4, 0.5) is 11.4 Å². The van der Waals surface area contributed by atoms with E-state index in [1.807, 2.05) is 0 Å². The van der Waals surface area contributed by atoms with E-state index in [2.05, 4.69) is 5.32 Å². The van der Waals surface area contributed by atoms with Gasteiger partial charge in [0.25, 0.3) is 0 Å². The fourth-order valence-electron chi connectivity index (χ4n) is 2.76. The Balaban J connectivity index is 2.31. The summed E-state index contributed by atoms with van der Waals surface area (Å²) in [7, 11) is -1.95. The number of esters is 1. The molecule has 1 amide bonds. The standard InChI is InChI=1S/C15H21N3O5S/c1-3-23-15(20)11-4-5-12(17-2)13(7-11)18-8-10(6-14(18)19)9-24(16,21)22/h4-5,7,10,17H,3,6,8-9H2,1-2H3,(H2,16,21,22). The highest BCUT2D eigenvalue weighted by molar-refractivity contribution is 7.89. The van der Waals surface area contributed by atoms with Crippen LogP contribution in [0.1, 0.15) is 23.7 Å². The number of ether oxygens (including phenoxy) is 1. The second-order valence-electron chi connectivity index (χ2n) is 5.61. The minimum atomic E-state index is -3.65. The molecule has 24 heavy (non-hydrogen) atoms. The lowest BCUT2D eigenvalue weighted by atomic mass is 10.1. The number of carbonyl (C=O) groups excluding carboxylic acids is 2. The van der Waals surface area contributed by atoms with Crippen LogP contribution >= 0.6 is 0 Å². The lowest BCUT2D eigenvalue weighted by Crippen LogP contribution is -2.28. The van der Waals surface area contributed by atoms with Crippen molar-refractivity contribution in [1.82, 2.24) is 0 Å². The van der Waals surface area contributed by atoms with Gasteiger partial charge in [0.1, 0.15) is 0 Å². The number of nitrogens with two attached hydrogens (primary N) is 1. The van der Waals surface area contributed by atoms with Crippen LogP contribution < -0.4 is 15.4 Å². The van der Waals surface area contributed by atoms with Crippen LogP contribution in [0.5, 0.6) is 0 Å². The summed E-state index contributed by atoms with van der Waals surface area (Å²) in [5.74, 6) is -1.31. The van der Waals surface area contributed by atoms with Crippen molar-refractivity contribution in [1.29, 1.82) is 0 Å². The molecular formula is C15H21N3O5S. The third kappa shape index (κ3) is 4.24. The number of nitrogens with zero attached hydrogens (tertiary/aromatic N) is 1.